The van der Waals surface area contributed by atoms with Gasteiger partial charge in [0, 0.05) is 12.5 Å². The van der Waals surface area contributed by atoms with Gasteiger partial charge in [0.05, 0.1) is 24.6 Å². The molecule has 2 fully saturated rings. The van der Waals surface area contributed by atoms with E-state index in [1.807, 2.05) is 0 Å². The number of imide groups is 1. The van der Waals surface area contributed by atoms with Gasteiger partial charge in [-0.3, -0.25) is 19.7 Å². The average Bonchev–Trinajstić information content (AvgIpc) is 3.34. The van der Waals surface area contributed by atoms with Gasteiger partial charge in [-0.05, 0) is 47.5 Å². The van der Waals surface area contributed by atoms with E-state index in [0.717, 1.165) is 11.0 Å². The smallest absolute Gasteiger partial charge is 0.327 e. The lowest BCUT2D eigenvalue weighted by Crippen LogP contribution is -2.58. The second-order valence-electron chi connectivity index (χ2n) is 8.95. The molecule has 0 saturated carbocycles. The van der Waals surface area contributed by atoms with Crippen LogP contribution in [0.1, 0.15) is 17.2 Å². The second kappa shape index (κ2) is 8.83. The number of fused-ring (bicyclic) bond motifs is 1. The Labute approximate surface area is 205 Å². The lowest BCUT2D eigenvalue weighted by molar-refractivity contribution is -0.152. The number of halogens is 2. The molecule has 0 aromatic heterocycles. The Bertz CT molecular complexity index is 1360. The van der Waals surface area contributed by atoms with Crippen molar-refractivity contribution < 1.29 is 33.0 Å². The first-order valence-electron chi connectivity index (χ1n) is 11.3. The Morgan fingerprint density at radius 2 is 1.75 bits per heavy atom. The van der Waals surface area contributed by atoms with Crippen molar-refractivity contribution in [2.24, 2.45) is 11.8 Å². The van der Waals surface area contributed by atoms with Gasteiger partial charge in [0.1, 0.15) is 22.9 Å². The highest BCUT2D eigenvalue weighted by Crippen LogP contribution is 2.51. The van der Waals surface area contributed by atoms with E-state index in [9.17, 15) is 28.3 Å². The minimum Gasteiger partial charge on any atom is -0.508 e. The number of hydrogen-bond donors (Lipinski definition) is 2. The minimum atomic E-state index is -1.72. The Balaban J connectivity index is 1.69. The quantitative estimate of drug-likeness (QED) is 0.419. The van der Waals surface area contributed by atoms with Gasteiger partial charge in [0.15, 0.2) is 0 Å². The predicted molar refractivity (Wildman–Crippen MR) is 125 cm³/mol. The summed E-state index contributed by atoms with van der Waals surface area (Å²) in [4.78, 5) is 41.7. The van der Waals surface area contributed by atoms with Crippen molar-refractivity contribution >= 4 is 23.5 Å². The number of esters is 1. The molecular weight excluding hydrogens is 470 g/mol. The summed E-state index contributed by atoms with van der Waals surface area (Å²) < 4.78 is 34.0. The van der Waals surface area contributed by atoms with Gasteiger partial charge < -0.3 is 9.84 Å². The number of benzene rings is 3. The zero-order chi connectivity index (χ0) is 25.6. The largest absolute Gasteiger partial charge is 0.508 e. The number of nitrogens with zero attached hydrogens (tertiary/aromatic N) is 1. The number of carbonyl (C=O) groups is 3. The lowest BCUT2D eigenvalue weighted by Gasteiger charge is -2.32. The molecule has 4 atom stereocenters. The molecule has 0 radical (unpaired) electrons. The van der Waals surface area contributed by atoms with Gasteiger partial charge in [0.2, 0.25) is 11.8 Å². The molecule has 5 rings (SSSR count). The summed E-state index contributed by atoms with van der Waals surface area (Å²) in [5.41, 5.74) is -1.00. The Kier molecular flexibility index (Phi) is 5.80. The van der Waals surface area contributed by atoms with Crippen molar-refractivity contribution in [1.82, 2.24) is 5.32 Å². The molecule has 3 aromatic rings. The molecule has 0 aliphatic carbocycles. The van der Waals surface area contributed by atoms with Crippen LogP contribution in [0.15, 0.2) is 72.8 Å². The van der Waals surface area contributed by atoms with Crippen molar-refractivity contribution in [2.45, 2.75) is 18.0 Å². The molecule has 7 nitrogen and oxygen atoms in total. The van der Waals surface area contributed by atoms with Crippen LogP contribution in [0.3, 0.4) is 0 Å². The molecule has 2 amide bonds. The zero-order valence-corrected chi connectivity index (χ0v) is 19.2. The number of nitrogens with one attached hydrogen (secondary N) is 1. The summed E-state index contributed by atoms with van der Waals surface area (Å²) in [5, 5.41) is 12.8. The molecule has 2 aliphatic rings. The highest BCUT2D eigenvalue weighted by Gasteiger charge is 2.69. The van der Waals surface area contributed by atoms with Gasteiger partial charge >= 0.3 is 5.97 Å². The lowest BCUT2D eigenvalue weighted by atomic mass is 9.76. The van der Waals surface area contributed by atoms with Crippen molar-refractivity contribution in [3.8, 4) is 5.75 Å². The van der Waals surface area contributed by atoms with Crippen LogP contribution in [0, 0.1) is 23.5 Å². The molecule has 2 N–H and O–H groups in total. The third-order valence-corrected chi connectivity index (χ3v) is 6.92. The van der Waals surface area contributed by atoms with Gasteiger partial charge in [-0.25, -0.2) is 13.7 Å². The van der Waals surface area contributed by atoms with Crippen LogP contribution in [0.5, 0.6) is 5.75 Å². The molecule has 2 aliphatic heterocycles. The van der Waals surface area contributed by atoms with Crippen molar-refractivity contribution in [2.75, 3.05) is 12.0 Å². The van der Waals surface area contributed by atoms with Crippen LogP contribution in [0.2, 0.25) is 0 Å². The molecule has 2 saturated heterocycles. The van der Waals surface area contributed by atoms with E-state index in [4.69, 9.17) is 4.74 Å². The Morgan fingerprint density at radius 1 is 1.03 bits per heavy atom. The van der Waals surface area contributed by atoms with E-state index in [2.05, 4.69) is 5.32 Å². The van der Waals surface area contributed by atoms with Crippen LogP contribution in [-0.4, -0.2) is 35.5 Å². The standard InChI is InChI=1S/C27H22F2N2O5/c1-36-26(35)27(14-15-9-11-18(32)12-10-15)22-21(23(30-27)16-5-4-6-17(28)13-16)24(33)31(25(22)34)20-8-3-2-7-19(20)29/h2-13,21-23,30,32H,14H2,1H3. The molecule has 184 valence electrons. The summed E-state index contributed by atoms with van der Waals surface area (Å²) in [5.74, 6) is -5.95. The SMILES string of the molecule is COC(=O)C1(Cc2ccc(O)cc2)NC(c2cccc(F)c2)C2C(=O)N(c3ccccc3F)C(=O)C21. The van der Waals surface area contributed by atoms with Crippen molar-refractivity contribution in [1.29, 1.82) is 0 Å². The van der Waals surface area contributed by atoms with E-state index in [-0.39, 0.29) is 17.9 Å². The number of aromatic hydroxyl groups is 1. The van der Waals surface area contributed by atoms with Crippen molar-refractivity contribution in [3.05, 3.63) is 95.6 Å². The highest BCUT2D eigenvalue weighted by molar-refractivity contribution is 6.24. The molecule has 4 unspecified atom stereocenters. The molecule has 0 spiro atoms. The van der Waals surface area contributed by atoms with Gasteiger partial charge in [-0.2, -0.15) is 0 Å². The first kappa shape index (κ1) is 23.6. The number of para-hydroxylation sites is 1. The van der Waals surface area contributed by atoms with Crippen LogP contribution in [0.4, 0.5) is 14.5 Å². The summed E-state index contributed by atoms with van der Waals surface area (Å²) in [6.07, 6.45) is -0.0724. The Hall–Kier alpha value is -4.11. The summed E-state index contributed by atoms with van der Waals surface area (Å²) >= 11 is 0. The molecule has 0 bridgehead atoms. The van der Waals surface area contributed by atoms with Crippen LogP contribution < -0.4 is 10.2 Å². The first-order valence-corrected chi connectivity index (χ1v) is 11.3. The van der Waals surface area contributed by atoms with Crippen molar-refractivity contribution in [3.63, 3.8) is 0 Å². The monoisotopic (exact) mass is 492 g/mol. The van der Waals surface area contributed by atoms with E-state index < -0.39 is 52.8 Å². The fourth-order valence-electron chi connectivity index (χ4n) is 5.40. The molecule has 36 heavy (non-hydrogen) atoms. The summed E-state index contributed by atoms with van der Waals surface area (Å²) in [7, 11) is 1.17. The molecule has 9 heteroatoms. The first-order chi connectivity index (χ1) is 17.3. The fraction of sp³-hybridized carbons (Fsp3) is 0.222. The summed E-state index contributed by atoms with van der Waals surface area (Å²) in [6, 6.07) is 16.0. The minimum absolute atomic E-state index is 0.0126. The maximum absolute atomic E-state index is 14.7. The van der Waals surface area contributed by atoms with Crippen LogP contribution >= 0.6 is 0 Å². The number of amides is 2. The number of anilines is 1. The van der Waals surface area contributed by atoms with Crippen LogP contribution in [0.25, 0.3) is 0 Å². The van der Waals surface area contributed by atoms with E-state index in [1.54, 1.807) is 18.2 Å². The maximum Gasteiger partial charge on any atom is 0.327 e. The third-order valence-electron chi connectivity index (χ3n) is 6.92. The number of rotatable bonds is 5. The van der Waals surface area contributed by atoms with E-state index in [1.165, 1.54) is 55.6 Å². The third kappa shape index (κ3) is 3.63. The van der Waals surface area contributed by atoms with E-state index >= 15 is 0 Å². The second-order valence-corrected chi connectivity index (χ2v) is 8.95. The molecule has 2 heterocycles. The topological polar surface area (TPSA) is 95.9 Å². The zero-order valence-electron chi connectivity index (χ0n) is 19.2. The average molecular weight is 492 g/mol. The number of hydrogen-bond acceptors (Lipinski definition) is 6. The van der Waals surface area contributed by atoms with Gasteiger partial charge in [-0.15, -0.1) is 0 Å². The predicted octanol–water partition coefficient (Wildman–Crippen LogP) is 3.28. The van der Waals surface area contributed by atoms with E-state index in [0.29, 0.717) is 11.1 Å². The number of carbonyl (C=O) groups excluding carboxylic acids is 3. The normalized spacial score (nSPS) is 25.2. The molecule has 3 aromatic carbocycles. The molecular formula is C27H22F2N2O5. The fourth-order valence-corrected chi connectivity index (χ4v) is 5.40. The number of phenols is 1. The van der Waals surface area contributed by atoms with Gasteiger partial charge in [-0.1, -0.05) is 36.4 Å². The number of methoxy groups -OCH3 is 1. The van der Waals surface area contributed by atoms with Gasteiger partial charge in [0.25, 0.3) is 0 Å². The summed E-state index contributed by atoms with van der Waals surface area (Å²) in [6.45, 7) is 0. The number of phenolic OH excluding ortho intramolecular Hbond substituents is 1. The Morgan fingerprint density at radius 3 is 2.42 bits per heavy atom. The van der Waals surface area contributed by atoms with Crippen LogP contribution in [-0.2, 0) is 25.5 Å². The number of ether oxygens (including phenoxy) is 1. The maximum atomic E-state index is 14.7. The highest BCUT2D eigenvalue weighted by atomic mass is 19.1.